The molecule has 4 rings (SSSR count). The molecule has 0 atom stereocenters. The molecule has 4 bridgehead atoms. The van der Waals surface area contributed by atoms with Gasteiger partial charge in [-0.1, -0.05) is 5.92 Å². The van der Waals surface area contributed by atoms with E-state index in [0.717, 1.165) is 24.3 Å². The number of hydrogen-bond donors (Lipinski definition) is 1. The Bertz CT molecular complexity index is 388. The lowest BCUT2D eigenvalue weighted by atomic mass is 9.49. The van der Waals surface area contributed by atoms with Crippen LogP contribution in [0.5, 0.6) is 0 Å². The molecule has 4 aliphatic rings. The Morgan fingerprint density at radius 3 is 2.30 bits per heavy atom. The Labute approximate surface area is 122 Å². The van der Waals surface area contributed by atoms with E-state index in [2.05, 4.69) is 11.2 Å². The van der Waals surface area contributed by atoms with E-state index in [4.69, 9.17) is 6.42 Å². The number of nitrogens with one attached hydrogen (secondary N) is 1. The molecule has 1 N–H and O–H groups in total. The summed E-state index contributed by atoms with van der Waals surface area (Å²) in [5, 5.41) is 3.00. The number of likely N-dealkylation sites (N-methyl/N-ethyl adjacent to an activating group) is 1. The normalized spacial score (nSPS) is 37.7. The highest BCUT2D eigenvalue weighted by molar-refractivity contribution is 5.78. The second-order valence-electron chi connectivity index (χ2n) is 7.48. The molecule has 0 aromatic heterocycles. The number of amides is 1. The Morgan fingerprint density at radius 2 is 1.80 bits per heavy atom. The van der Waals surface area contributed by atoms with E-state index in [1.807, 2.05) is 11.9 Å². The number of nitrogens with zero attached hydrogens (tertiary/aromatic N) is 1. The molecular weight excluding hydrogens is 248 g/mol. The Morgan fingerprint density at radius 1 is 1.25 bits per heavy atom. The largest absolute Gasteiger partial charge is 0.344 e. The van der Waals surface area contributed by atoms with Crippen LogP contribution in [-0.2, 0) is 4.79 Å². The highest BCUT2D eigenvalue weighted by Gasteiger charge is 2.51. The minimum absolute atomic E-state index is 0.177. The van der Waals surface area contributed by atoms with Crippen LogP contribution < -0.4 is 5.32 Å². The monoisotopic (exact) mass is 274 g/mol. The molecule has 0 spiro atoms. The van der Waals surface area contributed by atoms with Gasteiger partial charge in [0.1, 0.15) is 0 Å². The van der Waals surface area contributed by atoms with Crippen molar-refractivity contribution in [3.8, 4) is 12.3 Å². The number of carbonyl (C=O) groups excluding carboxylic acids is 1. The third-order valence-electron chi connectivity index (χ3n) is 5.67. The molecule has 1 amide bonds. The SMILES string of the molecule is C#CCNCC(=O)N(C)CC12CC3CC(CC(C3)C1)C2. The zero-order valence-corrected chi connectivity index (χ0v) is 12.5. The number of carbonyl (C=O) groups is 1. The van der Waals surface area contributed by atoms with Crippen molar-refractivity contribution in [2.24, 2.45) is 23.2 Å². The average Bonchev–Trinajstić information content (AvgIpc) is 2.36. The number of hydrogen-bond acceptors (Lipinski definition) is 2. The fourth-order valence-corrected chi connectivity index (χ4v) is 5.45. The van der Waals surface area contributed by atoms with Crippen LogP contribution in [0.2, 0.25) is 0 Å². The van der Waals surface area contributed by atoms with Gasteiger partial charge in [0.15, 0.2) is 0 Å². The molecule has 110 valence electrons. The van der Waals surface area contributed by atoms with Gasteiger partial charge in [-0.15, -0.1) is 6.42 Å². The molecule has 3 nitrogen and oxygen atoms in total. The molecule has 0 radical (unpaired) electrons. The Hall–Kier alpha value is -1.01. The van der Waals surface area contributed by atoms with E-state index in [9.17, 15) is 4.79 Å². The van der Waals surface area contributed by atoms with Crippen molar-refractivity contribution in [1.82, 2.24) is 10.2 Å². The number of rotatable bonds is 5. The van der Waals surface area contributed by atoms with Gasteiger partial charge in [0.25, 0.3) is 0 Å². The van der Waals surface area contributed by atoms with Crippen LogP contribution in [0.3, 0.4) is 0 Å². The van der Waals surface area contributed by atoms with Gasteiger partial charge in [-0.3, -0.25) is 10.1 Å². The zero-order valence-electron chi connectivity index (χ0n) is 12.5. The zero-order chi connectivity index (χ0) is 14.2. The summed E-state index contributed by atoms with van der Waals surface area (Å²) in [6.07, 6.45) is 13.6. The van der Waals surface area contributed by atoms with E-state index in [1.165, 1.54) is 38.5 Å². The summed E-state index contributed by atoms with van der Waals surface area (Å²) < 4.78 is 0. The predicted molar refractivity (Wildman–Crippen MR) is 79.9 cm³/mol. The van der Waals surface area contributed by atoms with Gasteiger partial charge in [0.05, 0.1) is 13.1 Å². The molecular formula is C17H26N2O. The van der Waals surface area contributed by atoms with Crippen molar-refractivity contribution in [3.05, 3.63) is 0 Å². The summed E-state index contributed by atoms with van der Waals surface area (Å²) in [4.78, 5) is 14.1. The summed E-state index contributed by atoms with van der Waals surface area (Å²) in [6.45, 7) is 1.79. The minimum Gasteiger partial charge on any atom is -0.344 e. The topological polar surface area (TPSA) is 32.3 Å². The van der Waals surface area contributed by atoms with Crippen LogP contribution in [0.1, 0.15) is 38.5 Å². The van der Waals surface area contributed by atoms with E-state index in [-0.39, 0.29) is 5.91 Å². The Balaban J connectivity index is 1.57. The van der Waals surface area contributed by atoms with Gasteiger partial charge in [-0.05, 0) is 61.7 Å². The molecule has 0 aliphatic heterocycles. The van der Waals surface area contributed by atoms with E-state index in [1.54, 1.807) is 0 Å². The molecule has 0 aromatic carbocycles. The fourth-order valence-electron chi connectivity index (χ4n) is 5.45. The Kier molecular flexibility index (Phi) is 3.77. The van der Waals surface area contributed by atoms with E-state index >= 15 is 0 Å². The third kappa shape index (κ3) is 2.72. The standard InChI is InChI=1S/C17H26N2O/c1-3-4-18-11-16(20)19(2)12-17-8-13-5-14(9-17)7-15(6-13)10-17/h1,13-15,18H,4-12H2,2H3. The molecule has 0 aromatic rings. The maximum Gasteiger partial charge on any atom is 0.236 e. The van der Waals surface area contributed by atoms with E-state index < -0.39 is 0 Å². The minimum atomic E-state index is 0.177. The first kappa shape index (κ1) is 13.9. The highest BCUT2D eigenvalue weighted by Crippen LogP contribution is 2.60. The lowest BCUT2D eigenvalue weighted by Crippen LogP contribution is -2.52. The maximum atomic E-state index is 12.1. The summed E-state index contributed by atoms with van der Waals surface area (Å²) in [6, 6.07) is 0. The lowest BCUT2D eigenvalue weighted by Gasteiger charge is -2.57. The smallest absolute Gasteiger partial charge is 0.236 e. The predicted octanol–water partition coefficient (Wildman–Crippen LogP) is 1.88. The third-order valence-corrected chi connectivity index (χ3v) is 5.67. The van der Waals surface area contributed by atoms with Gasteiger partial charge >= 0.3 is 0 Å². The quantitative estimate of drug-likeness (QED) is 0.613. The molecule has 4 saturated carbocycles. The highest BCUT2D eigenvalue weighted by atomic mass is 16.2. The fraction of sp³-hybridized carbons (Fsp3) is 0.824. The second kappa shape index (κ2) is 5.41. The van der Waals surface area contributed by atoms with Crippen molar-refractivity contribution in [1.29, 1.82) is 0 Å². The van der Waals surface area contributed by atoms with Crippen molar-refractivity contribution in [3.63, 3.8) is 0 Å². The average molecular weight is 274 g/mol. The maximum absolute atomic E-state index is 12.1. The van der Waals surface area contributed by atoms with Crippen LogP contribution in [0.4, 0.5) is 0 Å². The van der Waals surface area contributed by atoms with Gasteiger partial charge in [0.2, 0.25) is 5.91 Å². The van der Waals surface area contributed by atoms with Crippen LogP contribution in [0.25, 0.3) is 0 Å². The molecule has 0 unspecified atom stereocenters. The van der Waals surface area contributed by atoms with Gasteiger partial charge in [-0.2, -0.15) is 0 Å². The molecule has 0 heterocycles. The molecule has 0 saturated heterocycles. The van der Waals surface area contributed by atoms with Gasteiger partial charge < -0.3 is 4.90 Å². The van der Waals surface area contributed by atoms with Gasteiger partial charge in [-0.25, -0.2) is 0 Å². The molecule has 4 aliphatic carbocycles. The van der Waals surface area contributed by atoms with Crippen LogP contribution >= 0.6 is 0 Å². The van der Waals surface area contributed by atoms with Crippen LogP contribution in [0, 0.1) is 35.5 Å². The van der Waals surface area contributed by atoms with Crippen molar-refractivity contribution < 1.29 is 4.79 Å². The van der Waals surface area contributed by atoms with Crippen LogP contribution in [0.15, 0.2) is 0 Å². The van der Waals surface area contributed by atoms with E-state index in [0.29, 0.717) is 18.5 Å². The lowest BCUT2D eigenvalue weighted by molar-refractivity contribution is -0.134. The summed E-state index contributed by atoms with van der Waals surface area (Å²) >= 11 is 0. The first-order chi connectivity index (χ1) is 9.60. The summed E-state index contributed by atoms with van der Waals surface area (Å²) in [5.41, 5.74) is 0.436. The van der Waals surface area contributed by atoms with Crippen molar-refractivity contribution >= 4 is 5.91 Å². The summed E-state index contributed by atoms with van der Waals surface area (Å²) in [7, 11) is 1.96. The van der Waals surface area contributed by atoms with Crippen molar-refractivity contribution in [2.45, 2.75) is 38.5 Å². The molecule has 3 heteroatoms. The first-order valence-electron chi connectivity index (χ1n) is 7.98. The first-order valence-corrected chi connectivity index (χ1v) is 7.98. The number of terminal acetylenes is 1. The van der Waals surface area contributed by atoms with Crippen molar-refractivity contribution in [2.75, 3.05) is 26.7 Å². The summed E-state index contributed by atoms with van der Waals surface area (Å²) in [5.74, 6) is 5.53. The molecule has 4 fully saturated rings. The second-order valence-corrected chi connectivity index (χ2v) is 7.48. The van der Waals surface area contributed by atoms with Crippen LogP contribution in [-0.4, -0.2) is 37.5 Å². The molecule has 20 heavy (non-hydrogen) atoms. The van der Waals surface area contributed by atoms with Gasteiger partial charge in [0, 0.05) is 13.6 Å².